The van der Waals surface area contributed by atoms with Gasteiger partial charge in [0.1, 0.15) is 9.92 Å². The lowest BCUT2D eigenvalue weighted by Gasteiger charge is -2.08. The lowest BCUT2D eigenvalue weighted by Crippen LogP contribution is -2.33. The fourth-order valence-electron chi connectivity index (χ4n) is 3.06. The van der Waals surface area contributed by atoms with E-state index in [0.717, 1.165) is 21.9 Å². The molecular weight excluding hydrogens is 436 g/mol. The molecule has 0 fully saturated rings. The van der Waals surface area contributed by atoms with Crippen LogP contribution < -0.4 is 15.4 Å². The highest BCUT2D eigenvalue weighted by molar-refractivity contribution is 7.92. The van der Waals surface area contributed by atoms with Crippen molar-refractivity contribution in [2.24, 2.45) is 4.99 Å². The molecule has 31 heavy (non-hydrogen) atoms. The monoisotopic (exact) mass is 454 g/mol. The van der Waals surface area contributed by atoms with Crippen molar-refractivity contribution in [2.75, 3.05) is 17.7 Å². The highest BCUT2D eigenvalue weighted by atomic mass is 32.2. The first-order chi connectivity index (χ1) is 14.8. The molecule has 0 saturated carbocycles. The number of thiophene rings is 1. The van der Waals surface area contributed by atoms with Gasteiger partial charge in [0.25, 0.3) is 10.0 Å². The van der Waals surface area contributed by atoms with E-state index in [1.807, 2.05) is 10.8 Å². The Hall–Kier alpha value is -3.50. The number of ketones is 1. The molecule has 158 valence electrons. The Labute approximate surface area is 183 Å². The molecule has 1 aliphatic rings. The number of hydrogen-bond acceptors (Lipinski definition) is 7. The Bertz CT molecular complexity index is 1330. The molecule has 10 heteroatoms. The molecule has 0 bridgehead atoms. The molecule has 1 aromatic heterocycles. The van der Waals surface area contributed by atoms with Gasteiger partial charge in [-0.05, 0) is 49.4 Å². The number of Topliss-reactive ketones (excluding diaryl/α,β-unsaturated/α-hetero) is 1. The summed E-state index contributed by atoms with van der Waals surface area (Å²) < 4.78 is 26.5. The first kappa shape index (κ1) is 20.8. The van der Waals surface area contributed by atoms with Crippen molar-refractivity contribution < 1.29 is 18.0 Å². The van der Waals surface area contributed by atoms with Crippen LogP contribution in [0.5, 0.6) is 0 Å². The molecule has 3 aromatic rings. The highest BCUT2D eigenvalue weighted by Crippen LogP contribution is 2.31. The fraction of sp³-hybridized carbons (Fsp3) is 0.0952. The van der Waals surface area contributed by atoms with Crippen LogP contribution in [0.25, 0.3) is 0 Å². The average molecular weight is 455 g/mol. The maximum atomic E-state index is 12.7. The molecule has 0 aliphatic carbocycles. The maximum absolute atomic E-state index is 12.7. The molecule has 0 saturated heterocycles. The molecular formula is C21H18N4O4S2. The van der Waals surface area contributed by atoms with Crippen molar-refractivity contribution in [1.29, 1.82) is 0 Å². The van der Waals surface area contributed by atoms with E-state index in [2.05, 4.69) is 15.6 Å². The molecule has 4 rings (SSSR count). The number of nitrogens with one attached hydrogen (secondary N) is 3. The van der Waals surface area contributed by atoms with Crippen LogP contribution in [0.15, 0.2) is 63.8 Å². The third-order valence-electron chi connectivity index (χ3n) is 4.60. The van der Waals surface area contributed by atoms with Crippen LogP contribution in [0, 0.1) is 6.92 Å². The van der Waals surface area contributed by atoms with E-state index in [9.17, 15) is 18.0 Å². The number of amides is 2. The van der Waals surface area contributed by atoms with Crippen molar-refractivity contribution in [3.63, 3.8) is 0 Å². The number of rotatable bonds is 5. The molecule has 1 aliphatic heterocycles. The van der Waals surface area contributed by atoms with Crippen LogP contribution >= 0.6 is 11.3 Å². The quantitative estimate of drug-likeness (QED) is 0.540. The molecule has 2 aromatic carbocycles. The van der Waals surface area contributed by atoms with Crippen LogP contribution in [0.4, 0.5) is 21.9 Å². The minimum atomic E-state index is -3.94. The van der Waals surface area contributed by atoms with E-state index in [1.54, 1.807) is 56.4 Å². The van der Waals surface area contributed by atoms with Crippen LogP contribution in [-0.4, -0.2) is 33.0 Å². The summed E-state index contributed by atoms with van der Waals surface area (Å²) in [4.78, 5) is 30.0. The second-order valence-corrected chi connectivity index (χ2v) is 9.97. The van der Waals surface area contributed by atoms with Crippen LogP contribution in [0.2, 0.25) is 0 Å². The number of hydrogen-bond donors (Lipinski definition) is 3. The van der Waals surface area contributed by atoms with Crippen molar-refractivity contribution in [3.8, 4) is 0 Å². The predicted molar refractivity (Wildman–Crippen MR) is 121 cm³/mol. The van der Waals surface area contributed by atoms with Gasteiger partial charge in [-0.15, -0.1) is 11.3 Å². The summed E-state index contributed by atoms with van der Waals surface area (Å²) in [7, 11) is -2.15. The van der Waals surface area contributed by atoms with Crippen molar-refractivity contribution in [3.05, 3.63) is 70.6 Å². The number of benzene rings is 2. The molecule has 2 heterocycles. The van der Waals surface area contributed by atoms with Crippen LogP contribution in [-0.2, 0) is 10.0 Å². The summed E-state index contributed by atoms with van der Waals surface area (Å²) >= 11 is 1.08. The Balaban J connectivity index is 1.46. The number of aliphatic imine (C=N–C) groups is 1. The smallest absolute Gasteiger partial charge is 0.333 e. The van der Waals surface area contributed by atoms with Crippen molar-refractivity contribution in [1.82, 2.24) is 4.72 Å². The molecule has 2 amide bonds. The normalized spacial score (nSPS) is 12.8. The summed E-state index contributed by atoms with van der Waals surface area (Å²) in [5.74, 6) is -0.173. The van der Waals surface area contributed by atoms with Gasteiger partial charge in [0.2, 0.25) is 5.78 Å². The number of anilines is 2. The molecule has 0 spiro atoms. The van der Waals surface area contributed by atoms with E-state index in [1.165, 1.54) is 6.07 Å². The summed E-state index contributed by atoms with van der Waals surface area (Å²) in [5, 5.41) is 5.49. The Morgan fingerprint density at radius 2 is 1.71 bits per heavy atom. The highest BCUT2D eigenvalue weighted by Gasteiger charge is 2.26. The Morgan fingerprint density at radius 3 is 2.35 bits per heavy atom. The van der Waals surface area contributed by atoms with Crippen LogP contribution in [0.3, 0.4) is 0 Å². The first-order valence-electron chi connectivity index (χ1n) is 9.23. The molecule has 8 nitrogen and oxygen atoms in total. The third kappa shape index (κ3) is 4.21. The lowest BCUT2D eigenvalue weighted by atomic mass is 10.0. The number of urea groups is 1. The predicted octanol–water partition coefficient (Wildman–Crippen LogP) is 3.93. The second kappa shape index (κ2) is 7.97. The Kier molecular flexibility index (Phi) is 5.34. The minimum Gasteiger partial charge on any atom is -0.388 e. The van der Waals surface area contributed by atoms with Crippen LogP contribution in [0.1, 0.15) is 20.8 Å². The van der Waals surface area contributed by atoms with E-state index in [0.29, 0.717) is 28.2 Å². The largest absolute Gasteiger partial charge is 0.388 e. The average Bonchev–Trinajstić information content (AvgIpc) is 3.32. The lowest BCUT2D eigenvalue weighted by molar-refractivity contribution is 0.107. The summed E-state index contributed by atoms with van der Waals surface area (Å²) in [6, 6.07) is 14.0. The minimum absolute atomic E-state index is 0.0641. The van der Waals surface area contributed by atoms with E-state index >= 15 is 0 Å². The summed E-state index contributed by atoms with van der Waals surface area (Å²) in [5.41, 5.74) is 3.27. The third-order valence-corrected chi connectivity index (χ3v) is 7.43. The number of fused-ring (bicyclic) bond motifs is 1. The number of sulfonamides is 1. The van der Waals surface area contributed by atoms with Gasteiger partial charge in [-0.2, -0.15) is 0 Å². The van der Waals surface area contributed by atoms with E-state index in [4.69, 9.17) is 0 Å². The van der Waals surface area contributed by atoms with Gasteiger partial charge in [0.05, 0.1) is 11.3 Å². The zero-order valence-corrected chi connectivity index (χ0v) is 18.2. The van der Waals surface area contributed by atoms with Gasteiger partial charge in [0.15, 0.2) is 0 Å². The second-order valence-electron chi connectivity index (χ2n) is 6.77. The van der Waals surface area contributed by atoms with Gasteiger partial charge in [-0.25, -0.2) is 22.9 Å². The first-order valence-corrected chi connectivity index (χ1v) is 11.5. The maximum Gasteiger partial charge on any atom is 0.333 e. The number of carbonyl (C=O) groups excluding carboxylic acids is 2. The fourth-order valence-corrected chi connectivity index (χ4v) is 5.25. The zero-order valence-electron chi connectivity index (χ0n) is 16.6. The summed E-state index contributed by atoms with van der Waals surface area (Å²) in [6.07, 6.45) is 0. The zero-order chi connectivity index (χ0) is 22.2. The SMILES string of the molecule is CNc1ccc2c(c1)N=C(c1ccc(NC(=O)NS(=O)(=O)c3ccc(C)s3)cc1)C2=O. The van der Waals surface area contributed by atoms with Gasteiger partial charge in [-0.1, -0.05) is 12.1 Å². The number of nitrogens with zero attached hydrogens (tertiary/aromatic N) is 1. The Morgan fingerprint density at radius 1 is 1.00 bits per heavy atom. The topological polar surface area (TPSA) is 117 Å². The van der Waals surface area contributed by atoms with Crippen molar-refractivity contribution >= 4 is 55.9 Å². The number of carbonyl (C=O) groups is 2. The van der Waals surface area contributed by atoms with Gasteiger partial charge in [0, 0.05) is 28.9 Å². The molecule has 0 atom stereocenters. The molecule has 3 N–H and O–H groups in total. The van der Waals surface area contributed by atoms with Gasteiger partial charge < -0.3 is 10.6 Å². The standard InChI is InChI=1S/C21H18N4O4S2/c1-12-3-10-18(30-12)31(28,29)25-21(27)23-14-6-4-13(5-7-14)19-20(26)16-9-8-15(22-2)11-17(16)24-19/h3-11,22H,1-2H3,(H2,23,25,27). The van der Waals surface area contributed by atoms with Gasteiger partial charge in [-0.3, -0.25) is 4.79 Å². The summed E-state index contributed by atoms with van der Waals surface area (Å²) in [6.45, 7) is 1.78. The molecule has 0 unspecified atom stereocenters. The van der Waals surface area contributed by atoms with E-state index < -0.39 is 16.1 Å². The molecule has 0 radical (unpaired) electrons. The van der Waals surface area contributed by atoms with E-state index in [-0.39, 0.29) is 9.99 Å². The number of aryl methyl sites for hydroxylation is 1. The van der Waals surface area contributed by atoms with Crippen molar-refractivity contribution in [2.45, 2.75) is 11.1 Å². The van der Waals surface area contributed by atoms with Gasteiger partial charge >= 0.3 is 6.03 Å².